The maximum Gasteiger partial charge on any atom is 0.508 e. The second kappa shape index (κ2) is 6.95. The lowest BCUT2D eigenvalue weighted by Crippen LogP contribution is -2.23. The Balaban J connectivity index is 2.14. The summed E-state index contributed by atoms with van der Waals surface area (Å²) in [4.78, 5) is 21.4. The monoisotopic (exact) mass is 248 g/mol. The summed E-state index contributed by atoms with van der Waals surface area (Å²) >= 11 is 0. The summed E-state index contributed by atoms with van der Waals surface area (Å²) in [5.41, 5.74) is 0. The normalized spacial score (nSPS) is 22.9. The van der Waals surface area contributed by atoms with Crippen LogP contribution in [0.1, 0.15) is 12.8 Å². The second-order valence-corrected chi connectivity index (χ2v) is 3.49. The molecule has 0 spiro atoms. The second-order valence-electron chi connectivity index (χ2n) is 3.49. The van der Waals surface area contributed by atoms with Gasteiger partial charge in [0.15, 0.2) is 0 Å². The molecule has 0 radical (unpaired) electrons. The highest BCUT2D eigenvalue weighted by molar-refractivity contribution is 5.59. The third-order valence-corrected chi connectivity index (χ3v) is 2.30. The largest absolute Gasteiger partial charge is 0.508 e. The highest BCUT2D eigenvalue weighted by atomic mass is 16.7. The molecule has 0 saturated carbocycles. The molecule has 7 nitrogen and oxygen atoms in total. The van der Waals surface area contributed by atoms with Crippen LogP contribution in [0.15, 0.2) is 0 Å². The summed E-state index contributed by atoms with van der Waals surface area (Å²) < 4.78 is 23.6. The molecule has 7 heteroatoms. The minimum Gasteiger partial charge on any atom is -0.438 e. The molecule has 0 aromatic heterocycles. The molecule has 1 saturated heterocycles. The van der Waals surface area contributed by atoms with Gasteiger partial charge >= 0.3 is 12.3 Å². The Bertz CT molecular complexity index is 239. The zero-order valence-electron chi connectivity index (χ0n) is 9.84. The summed E-state index contributed by atoms with van der Waals surface area (Å²) in [5, 5.41) is 0. The molecular weight excluding hydrogens is 232 g/mol. The van der Waals surface area contributed by atoms with Gasteiger partial charge < -0.3 is 23.7 Å². The fourth-order valence-electron chi connectivity index (χ4n) is 1.47. The maximum atomic E-state index is 10.7. The van der Waals surface area contributed by atoms with Crippen LogP contribution in [0.25, 0.3) is 0 Å². The number of rotatable bonds is 4. The number of hydrogen-bond donors (Lipinski definition) is 0. The van der Waals surface area contributed by atoms with Gasteiger partial charge in [0.05, 0.1) is 26.4 Å². The number of carbonyl (C=O) groups excluding carboxylic acids is 2. The van der Waals surface area contributed by atoms with Crippen LogP contribution in [-0.4, -0.2) is 52.0 Å². The first-order chi connectivity index (χ1) is 8.15. The van der Waals surface area contributed by atoms with E-state index in [9.17, 15) is 9.59 Å². The summed E-state index contributed by atoms with van der Waals surface area (Å²) in [6, 6.07) is 0. The van der Waals surface area contributed by atoms with E-state index in [4.69, 9.17) is 14.2 Å². The molecule has 0 bridgehead atoms. The van der Waals surface area contributed by atoms with Gasteiger partial charge in [-0.2, -0.15) is 0 Å². The smallest absolute Gasteiger partial charge is 0.438 e. The van der Waals surface area contributed by atoms with Crippen molar-refractivity contribution in [2.24, 2.45) is 0 Å². The van der Waals surface area contributed by atoms with Crippen molar-refractivity contribution in [2.45, 2.75) is 25.0 Å². The lowest BCUT2D eigenvalue weighted by molar-refractivity contribution is -0.0360. The van der Waals surface area contributed by atoms with E-state index < -0.39 is 12.3 Å². The molecule has 0 aromatic carbocycles. The van der Waals surface area contributed by atoms with Gasteiger partial charge in [-0.15, -0.1) is 0 Å². The molecular formula is C10H16O7. The first-order valence-electron chi connectivity index (χ1n) is 5.22. The van der Waals surface area contributed by atoms with E-state index in [1.165, 1.54) is 14.2 Å². The summed E-state index contributed by atoms with van der Waals surface area (Å²) in [6.07, 6.45) is -0.343. The third kappa shape index (κ3) is 4.90. The van der Waals surface area contributed by atoms with E-state index in [-0.39, 0.29) is 25.4 Å². The highest BCUT2D eigenvalue weighted by Crippen LogP contribution is 2.20. The molecule has 1 aliphatic rings. The summed E-state index contributed by atoms with van der Waals surface area (Å²) in [5.74, 6) is 0. The fraction of sp³-hybridized carbons (Fsp3) is 0.800. The first kappa shape index (κ1) is 13.6. The molecule has 0 amide bonds. The van der Waals surface area contributed by atoms with Crippen molar-refractivity contribution in [3.05, 3.63) is 0 Å². The van der Waals surface area contributed by atoms with Gasteiger partial charge in [0.25, 0.3) is 0 Å². The lowest BCUT2D eigenvalue weighted by Gasteiger charge is -2.13. The van der Waals surface area contributed by atoms with Crippen LogP contribution < -0.4 is 0 Å². The SMILES string of the molecule is COC(=O)OC[C@@H]1CC[C@@H](COC(=O)OC)O1. The van der Waals surface area contributed by atoms with Gasteiger partial charge in [-0.05, 0) is 12.8 Å². The van der Waals surface area contributed by atoms with Crippen LogP contribution in [0.4, 0.5) is 9.59 Å². The Morgan fingerprint density at radius 3 is 1.76 bits per heavy atom. The van der Waals surface area contributed by atoms with Gasteiger partial charge in [-0.25, -0.2) is 9.59 Å². The maximum absolute atomic E-state index is 10.7. The third-order valence-electron chi connectivity index (χ3n) is 2.30. The molecule has 1 rings (SSSR count). The Kier molecular flexibility index (Phi) is 5.55. The number of hydrogen-bond acceptors (Lipinski definition) is 7. The van der Waals surface area contributed by atoms with Gasteiger partial charge in [-0.3, -0.25) is 0 Å². The van der Waals surface area contributed by atoms with E-state index in [0.717, 1.165) is 12.8 Å². The molecule has 1 aliphatic heterocycles. The van der Waals surface area contributed by atoms with Crippen molar-refractivity contribution >= 4 is 12.3 Å². The number of ether oxygens (including phenoxy) is 5. The Labute approximate surface area is 98.9 Å². The van der Waals surface area contributed by atoms with Crippen molar-refractivity contribution in [1.29, 1.82) is 0 Å². The van der Waals surface area contributed by atoms with E-state index >= 15 is 0 Å². The van der Waals surface area contributed by atoms with E-state index in [1.807, 2.05) is 0 Å². The predicted molar refractivity (Wildman–Crippen MR) is 54.6 cm³/mol. The van der Waals surface area contributed by atoms with Gasteiger partial charge in [0, 0.05) is 0 Å². The van der Waals surface area contributed by atoms with Crippen molar-refractivity contribution in [1.82, 2.24) is 0 Å². The Morgan fingerprint density at radius 1 is 1.00 bits per heavy atom. The van der Waals surface area contributed by atoms with Crippen molar-refractivity contribution in [2.75, 3.05) is 27.4 Å². The highest BCUT2D eigenvalue weighted by Gasteiger charge is 2.27. The van der Waals surface area contributed by atoms with E-state index in [2.05, 4.69) is 9.47 Å². The van der Waals surface area contributed by atoms with Crippen LogP contribution >= 0.6 is 0 Å². The van der Waals surface area contributed by atoms with E-state index in [0.29, 0.717) is 0 Å². The minimum absolute atomic E-state index is 0.140. The quantitative estimate of drug-likeness (QED) is 0.689. The standard InChI is InChI=1S/C10H16O7/c1-13-9(11)15-5-7-3-4-8(17-7)6-16-10(12)14-2/h7-8H,3-6H2,1-2H3/t7-,8-/m0/s1. The fourth-order valence-corrected chi connectivity index (χ4v) is 1.47. The minimum atomic E-state index is -0.733. The number of methoxy groups -OCH3 is 2. The van der Waals surface area contributed by atoms with Crippen LogP contribution in [0.2, 0.25) is 0 Å². The summed E-state index contributed by atoms with van der Waals surface area (Å²) in [7, 11) is 2.48. The zero-order chi connectivity index (χ0) is 12.7. The van der Waals surface area contributed by atoms with Crippen LogP contribution in [0, 0.1) is 0 Å². The molecule has 0 N–H and O–H groups in total. The van der Waals surface area contributed by atoms with Crippen LogP contribution in [-0.2, 0) is 23.7 Å². The summed E-state index contributed by atoms with van der Waals surface area (Å²) in [6.45, 7) is 0.281. The average molecular weight is 248 g/mol. The molecule has 0 aliphatic carbocycles. The number of carbonyl (C=O) groups is 2. The predicted octanol–water partition coefficient (Wildman–Crippen LogP) is 1.10. The van der Waals surface area contributed by atoms with Crippen molar-refractivity contribution in [3.8, 4) is 0 Å². The van der Waals surface area contributed by atoms with Crippen LogP contribution in [0.5, 0.6) is 0 Å². The Morgan fingerprint density at radius 2 is 1.41 bits per heavy atom. The van der Waals surface area contributed by atoms with E-state index in [1.54, 1.807) is 0 Å². The molecule has 17 heavy (non-hydrogen) atoms. The van der Waals surface area contributed by atoms with Gasteiger partial charge in [0.1, 0.15) is 13.2 Å². The first-order valence-corrected chi connectivity index (χ1v) is 5.22. The molecule has 1 fully saturated rings. The molecule has 98 valence electrons. The van der Waals surface area contributed by atoms with Crippen molar-refractivity contribution in [3.63, 3.8) is 0 Å². The molecule has 1 heterocycles. The molecule has 2 atom stereocenters. The molecule has 0 aromatic rings. The van der Waals surface area contributed by atoms with Gasteiger partial charge in [0.2, 0.25) is 0 Å². The van der Waals surface area contributed by atoms with Crippen LogP contribution in [0.3, 0.4) is 0 Å². The Hall–Kier alpha value is -1.50. The molecule has 0 unspecified atom stereocenters. The zero-order valence-corrected chi connectivity index (χ0v) is 9.84. The average Bonchev–Trinajstić information content (AvgIpc) is 2.80. The van der Waals surface area contributed by atoms with Gasteiger partial charge in [-0.1, -0.05) is 0 Å². The lowest BCUT2D eigenvalue weighted by atomic mass is 10.2. The van der Waals surface area contributed by atoms with Crippen molar-refractivity contribution < 1.29 is 33.3 Å². The topological polar surface area (TPSA) is 80.3 Å².